The SMILES string of the molecule is COc1cccc(-c2noc(CCN(CCc3ccc(OC)c(OC)c3)C(=O)Cc3ccc(F)cc3)n2)c1. The van der Waals surface area contributed by atoms with E-state index in [2.05, 4.69) is 10.1 Å². The molecule has 198 valence electrons. The van der Waals surface area contributed by atoms with Gasteiger partial charge in [-0.15, -0.1) is 0 Å². The molecule has 0 saturated carbocycles. The molecule has 8 nitrogen and oxygen atoms in total. The van der Waals surface area contributed by atoms with E-state index in [1.54, 1.807) is 38.4 Å². The van der Waals surface area contributed by atoms with Gasteiger partial charge in [0.05, 0.1) is 27.8 Å². The quantitative estimate of drug-likeness (QED) is 0.267. The molecule has 0 atom stereocenters. The third-order valence-corrected chi connectivity index (χ3v) is 6.13. The zero-order chi connectivity index (χ0) is 26.9. The molecule has 3 aromatic carbocycles. The minimum Gasteiger partial charge on any atom is -0.497 e. The Kier molecular flexibility index (Phi) is 8.92. The van der Waals surface area contributed by atoms with Gasteiger partial charge < -0.3 is 23.6 Å². The molecule has 0 fully saturated rings. The van der Waals surface area contributed by atoms with Crippen molar-refractivity contribution in [3.8, 4) is 28.6 Å². The van der Waals surface area contributed by atoms with Crippen LogP contribution < -0.4 is 14.2 Å². The normalized spacial score (nSPS) is 10.7. The van der Waals surface area contributed by atoms with Crippen LogP contribution >= 0.6 is 0 Å². The standard InChI is InChI=1S/C29H30FN3O5/c1-35-24-6-4-5-22(19-24)29-31-27(38-32-29)14-16-33(28(34)18-20-7-10-23(30)11-8-20)15-13-21-9-12-25(36-2)26(17-21)37-3/h4-12,17,19H,13-16,18H2,1-3H3. The molecule has 0 aliphatic carbocycles. The van der Waals surface area contributed by atoms with Crippen molar-refractivity contribution in [3.63, 3.8) is 0 Å². The largest absolute Gasteiger partial charge is 0.497 e. The van der Waals surface area contributed by atoms with Gasteiger partial charge in [-0.1, -0.05) is 35.5 Å². The fourth-order valence-corrected chi connectivity index (χ4v) is 4.02. The van der Waals surface area contributed by atoms with Crippen LogP contribution in [0, 0.1) is 5.82 Å². The van der Waals surface area contributed by atoms with Gasteiger partial charge in [0, 0.05) is 25.1 Å². The summed E-state index contributed by atoms with van der Waals surface area (Å²) < 4.78 is 34.8. The molecule has 4 aromatic rings. The summed E-state index contributed by atoms with van der Waals surface area (Å²) in [6.07, 6.45) is 1.15. The summed E-state index contributed by atoms with van der Waals surface area (Å²) in [5.41, 5.74) is 2.52. The van der Waals surface area contributed by atoms with Gasteiger partial charge >= 0.3 is 0 Å². The molecule has 0 spiro atoms. The van der Waals surface area contributed by atoms with E-state index in [1.165, 1.54) is 12.1 Å². The Balaban J connectivity index is 1.46. The van der Waals surface area contributed by atoms with Crippen molar-refractivity contribution in [2.75, 3.05) is 34.4 Å². The lowest BCUT2D eigenvalue weighted by molar-refractivity contribution is -0.130. The van der Waals surface area contributed by atoms with Crippen LogP contribution in [0.25, 0.3) is 11.4 Å². The summed E-state index contributed by atoms with van der Waals surface area (Å²) in [7, 11) is 4.77. The van der Waals surface area contributed by atoms with Crippen molar-refractivity contribution in [1.29, 1.82) is 0 Å². The Bertz CT molecular complexity index is 1360. The molecule has 0 saturated heterocycles. The molecule has 0 radical (unpaired) electrons. The number of methoxy groups -OCH3 is 3. The summed E-state index contributed by atoms with van der Waals surface area (Å²) >= 11 is 0. The highest BCUT2D eigenvalue weighted by Gasteiger charge is 2.17. The van der Waals surface area contributed by atoms with Crippen molar-refractivity contribution < 1.29 is 27.9 Å². The maximum atomic E-state index is 13.3. The maximum absolute atomic E-state index is 13.3. The Morgan fingerprint density at radius 1 is 0.868 bits per heavy atom. The molecule has 1 heterocycles. The van der Waals surface area contributed by atoms with Crippen molar-refractivity contribution in [2.24, 2.45) is 0 Å². The summed E-state index contributed by atoms with van der Waals surface area (Å²) in [6, 6.07) is 19.1. The highest BCUT2D eigenvalue weighted by Crippen LogP contribution is 2.28. The maximum Gasteiger partial charge on any atom is 0.228 e. The first-order chi connectivity index (χ1) is 18.5. The smallest absolute Gasteiger partial charge is 0.228 e. The number of aromatic nitrogens is 2. The van der Waals surface area contributed by atoms with Crippen LogP contribution in [0.1, 0.15) is 17.0 Å². The average molecular weight is 520 g/mol. The van der Waals surface area contributed by atoms with E-state index in [1.807, 2.05) is 42.5 Å². The molecule has 0 aliphatic heterocycles. The topological polar surface area (TPSA) is 86.9 Å². The second kappa shape index (κ2) is 12.7. The molecular weight excluding hydrogens is 489 g/mol. The third kappa shape index (κ3) is 6.88. The molecule has 38 heavy (non-hydrogen) atoms. The van der Waals surface area contributed by atoms with E-state index < -0.39 is 0 Å². The molecule has 1 aromatic heterocycles. The number of rotatable bonds is 12. The summed E-state index contributed by atoms with van der Waals surface area (Å²) in [5.74, 6) is 2.43. The molecule has 4 rings (SSSR count). The number of ether oxygens (including phenoxy) is 3. The number of hydrogen-bond donors (Lipinski definition) is 0. The van der Waals surface area contributed by atoms with Crippen molar-refractivity contribution >= 4 is 5.91 Å². The number of carbonyl (C=O) groups excluding carboxylic acids is 1. The fourth-order valence-electron chi connectivity index (χ4n) is 4.02. The third-order valence-electron chi connectivity index (χ3n) is 6.13. The van der Waals surface area contributed by atoms with E-state index in [-0.39, 0.29) is 18.1 Å². The van der Waals surface area contributed by atoms with Crippen LogP contribution in [0.4, 0.5) is 4.39 Å². The Labute approximate surface area is 220 Å². The van der Waals surface area contributed by atoms with Crippen LogP contribution in [-0.2, 0) is 24.1 Å². The van der Waals surface area contributed by atoms with Crippen molar-refractivity contribution in [2.45, 2.75) is 19.3 Å². The first kappa shape index (κ1) is 26.7. The van der Waals surface area contributed by atoms with E-state index in [0.29, 0.717) is 54.9 Å². The predicted octanol–water partition coefficient (Wildman–Crippen LogP) is 4.76. The molecular formula is C29H30FN3O5. The number of carbonyl (C=O) groups is 1. The van der Waals surface area contributed by atoms with Gasteiger partial charge in [0.15, 0.2) is 11.5 Å². The first-order valence-corrected chi connectivity index (χ1v) is 12.2. The van der Waals surface area contributed by atoms with Crippen LogP contribution in [0.5, 0.6) is 17.2 Å². The Hall–Kier alpha value is -4.40. The van der Waals surface area contributed by atoms with Crippen LogP contribution in [0.15, 0.2) is 71.3 Å². The number of hydrogen-bond acceptors (Lipinski definition) is 7. The van der Waals surface area contributed by atoms with Crippen LogP contribution in [0.3, 0.4) is 0 Å². The minimum atomic E-state index is -0.338. The number of halogens is 1. The number of amides is 1. The van der Waals surface area contributed by atoms with Gasteiger partial charge in [0.2, 0.25) is 17.6 Å². The predicted molar refractivity (Wildman–Crippen MR) is 140 cm³/mol. The van der Waals surface area contributed by atoms with Crippen molar-refractivity contribution in [1.82, 2.24) is 15.0 Å². The molecule has 0 bridgehead atoms. The highest BCUT2D eigenvalue weighted by molar-refractivity contribution is 5.78. The Morgan fingerprint density at radius 3 is 2.34 bits per heavy atom. The zero-order valence-electron chi connectivity index (χ0n) is 21.6. The monoisotopic (exact) mass is 519 g/mol. The summed E-state index contributed by atoms with van der Waals surface area (Å²) in [5, 5.41) is 4.08. The van der Waals surface area contributed by atoms with Crippen molar-refractivity contribution in [3.05, 3.63) is 89.6 Å². The lowest BCUT2D eigenvalue weighted by atomic mass is 10.1. The van der Waals surface area contributed by atoms with E-state index >= 15 is 0 Å². The molecule has 0 aliphatic rings. The summed E-state index contributed by atoms with van der Waals surface area (Å²) in [6.45, 7) is 0.847. The number of nitrogens with zero attached hydrogens (tertiary/aromatic N) is 3. The lowest BCUT2D eigenvalue weighted by Crippen LogP contribution is -2.36. The van der Waals surface area contributed by atoms with E-state index in [4.69, 9.17) is 18.7 Å². The average Bonchev–Trinajstić information content (AvgIpc) is 3.43. The van der Waals surface area contributed by atoms with Gasteiger partial charge in [-0.3, -0.25) is 4.79 Å². The highest BCUT2D eigenvalue weighted by atomic mass is 19.1. The van der Waals surface area contributed by atoms with Gasteiger partial charge in [-0.2, -0.15) is 4.98 Å². The van der Waals surface area contributed by atoms with Gasteiger partial charge in [0.25, 0.3) is 0 Å². The van der Waals surface area contributed by atoms with Gasteiger partial charge in [-0.05, 0) is 53.9 Å². The van der Waals surface area contributed by atoms with E-state index in [9.17, 15) is 9.18 Å². The van der Waals surface area contributed by atoms with Gasteiger partial charge in [-0.25, -0.2) is 4.39 Å². The Morgan fingerprint density at radius 2 is 1.61 bits per heavy atom. The molecule has 0 N–H and O–H groups in total. The summed E-state index contributed by atoms with van der Waals surface area (Å²) in [4.78, 5) is 19.5. The molecule has 9 heteroatoms. The lowest BCUT2D eigenvalue weighted by Gasteiger charge is -2.22. The van der Waals surface area contributed by atoms with Crippen LogP contribution in [-0.4, -0.2) is 55.4 Å². The van der Waals surface area contributed by atoms with Crippen LogP contribution in [0.2, 0.25) is 0 Å². The minimum absolute atomic E-state index is 0.0791. The van der Waals surface area contributed by atoms with E-state index in [0.717, 1.165) is 16.7 Å². The fraction of sp³-hybridized carbons (Fsp3) is 0.276. The molecule has 1 amide bonds. The second-order valence-corrected chi connectivity index (χ2v) is 8.62. The first-order valence-electron chi connectivity index (χ1n) is 12.2. The second-order valence-electron chi connectivity index (χ2n) is 8.62. The molecule has 0 unspecified atom stereocenters. The number of benzene rings is 3. The zero-order valence-corrected chi connectivity index (χ0v) is 21.6. The van der Waals surface area contributed by atoms with Gasteiger partial charge in [0.1, 0.15) is 11.6 Å².